The predicted octanol–water partition coefficient (Wildman–Crippen LogP) is 0.897. The van der Waals surface area contributed by atoms with E-state index in [1.165, 1.54) is 0 Å². The number of hydrogen-bond donors (Lipinski definition) is 0. The molecule has 54 valence electrons. The van der Waals surface area contributed by atoms with Gasteiger partial charge in [-0.3, -0.25) is 0 Å². The number of nitrogens with zero attached hydrogens (tertiary/aromatic N) is 1. The molecule has 0 spiro atoms. The fourth-order valence-corrected chi connectivity index (χ4v) is 0.122. The van der Waals surface area contributed by atoms with Crippen LogP contribution in [0.5, 0.6) is 0 Å². The third kappa shape index (κ3) is 26.3. The molecular weight excluding hydrogens is 630 g/mol. The first kappa shape index (κ1) is 22.4. The average molecular weight is 638 g/mol. The quantitative estimate of drug-likeness (QED) is 0.251. The van der Waals surface area contributed by atoms with Gasteiger partial charge < -0.3 is 16.7 Å². The Balaban J connectivity index is -0.0000000417. The first-order chi connectivity index (χ1) is 2.77. The third-order valence-corrected chi connectivity index (χ3v) is 0.272. The van der Waals surface area contributed by atoms with Crippen LogP contribution in [0.15, 0.2) is 5.16 Å². The van der Waals surface area contributed by atoms with Crippen molar-refractivity contribution in [1.29, 1.82) is 0 Å². The Hall–Kier alpha value is 1.53. The van der Waals surface area contributed by atoms with Crippen molar-refractivity contribution in [3.05, 3.63) is 0 Å². The second-order valence-corrected chi connectivity index (χ2v) is 1.26. The van der Waals surface area contributed by atoms with E-state index < -0.39 is 0 Å². The number of hydrogen-bond acceptors (Lipinski definition) is 2. The van der Waals surface area contributed by atoms with Crippen molar-refractivity contribution in [3.63, 3.8) is 0 Å². The minimum Gasteiger partial charge on any atom is -0.430 e. The molecule has 0 aromatic heterocycles. The van der Waals surface area contributed by atoms with Crippen LogP contribution in [0, 0.1) is 0 Å². The summed E-state index contributed by atoms with van der Waals surface area (Å²) < 4.78 is 0. The van der Waals surface area contributed by atoms with E-state index >= 15 is 0 Å². The van der Waals surface area contributed by atoms with E-state index in [9.17, 15) is 0 Å². The first-order valence-electron chi connectivity index (χ1n) is 1.83. The molecule has 2 nitrogen and oxygen atoms in total. The van der Waals surface area contributed by atoms with Gasteiger partial charge in [0.2, 0.25) is 0 Å². The molecule has 0 aliphatic carbocycles. The maximum Gasteiger partial charge on any atom is 0.117 e. The third-order valence-electron chi connectivity index (χ3n) is 0.272. The molecule has 0 radical (unpaired) electrons. The minimum absolute atomic E-state index is 0. The summed E-state index contributed by atoms with van der Waals surface area (Å²) in [7, 11) is 0. The summed E-state index contributed by atoms with van der Waals surface area (Å²) in [5.41, 5.74) is 0. The molecule has 0 N–H and O–H groups in total. The van der Waals surface area contributed by atoms with E-state index in [0.29, 0.717) is 0 Å². The molecule has 0 heterocycles. The van der Waals surface area contributed by atoms with E-state index in [0.717, 1.165) is 0 Å². The van der Waals surface area contributed by atoms with Gasteiger partial charge in [-0.05, 0) is 13.8 Å². The van der Waals surface area contributed by atoms with E-state index in [1.54, 1.807) is 0 Å². The monoisotopic (exact) mass is 638 g/mol. The zero-order valence-electron chi connectivity index (χ0n) is 5.23. The summed E-state index contributed by atoms with van der Waals surface area (Å²) in [5.74, 6) is 0. The fraction of sp³-hybridized carbons (Fsp3) is 0.750. The molecule has 0 bridgehead atoms. The maximum absolute atomic E-state index is 4.63. The van der Waals surface area contributed by atoms with Crippen molar-refractivity contribution in [2.24, 2.45) is 5.16 Å². The Morgan fingerprint density at radius 3 is 1.56 bits per heavy atom. The van der Waals surface area contributed by atoms with Crippen molar-refractivity contribution < 1.29 is 68.0 Å². The van der Waals surface area contributed by atoms with Crippen molar-refractivity contribution in [2.45, 2.75) is 20.0 Å². The molecule has 0 fully saturated rings. The first-order valence-corrected chi connectivity index (χ1v) is 1.83. The van der Waals surface area contributed by atoms with Crippen LogP contribution in [0.4, 0.5) is 0 Å². The Morgan fingerprint density at radius 1 is 1.22 bits per heavy atom. The number of rotatable bonds is 2. The maximum atomic E-state index is 4.63. The molecule has 0 aromatic carbocycles. The van der Waals surface area contributed by atoms with Crippen LogP contribution in [-0.4, -0.2) is 12.8 Å². The van der Waals surface area contributed by atoms with Crippen LogP contribution in [0.1, 0.15) is 13.8 Å². The van der Waals surface area contributed by atoms with Crippen molar-refractivity contribution in [1.82, 2.24) is 0 Å². The van der Waals surface area contributed by atoms with Crippen LogP contribution in [0.2, 0.25) is 0 Å². The van der Waals surface area contributed by atoms with Gasteiger partial charge in [0.25, 0.3) is 0 Å². The Labute approximate surface area is 99.0 Å². The second-order valence-electron chi connectivity index (χ2n) is 1.26. The average Bonchev–Trinajstić information content (AvgIpc) is 1.35. The molecule has 0 saturated carbocycles. The largest absolute Gasteiger partial charge is 0.430 e. The summed E-state index contributed by atoms with van der Waals surface area (Å²) in [6.45, 7) is 8.35. The summed E-state index contributed by atoms with van der Waals surface area (Å²) in [6, 6.07) is 0. The molecule has 0 amide bonds. The van der Waals surface area contributed by atoms with E-state index in [2.05, 4.69) is 16.7 Å². The van der Waals surface area contributed by atoms with Gasteiger partial charge in [-0.15, -0.1) is 0 Å². The molecule has 0 aliphatic rings. The normalized spacial score (nSPS) is 5.67. The second kappa shape index (κ2) is 16.3. The van der Waals surface area contributed by atoms with E-state index in [-0.39, 0.29) is 69.3 Å². The van der Waals surface area contributed by atoms with E-state index in [4.69, 9.17) is 0 Å². The predicted molar refractivity (Wildman–Crippen MR) is 24.7 cm³/mol. The van der Waals surface area contributed by atoms with Gasteiger partial charge in [0.15, 0.2) is 0 Å². The zero-order chi connectivity index (χ0) is 4.99. The van der Waals surface area contributed by atoms with E-state index in [1.807, 2.05) is 13.8 Å². The van der Waals surface area contributed by atoms with Crippen LogP contribution in [0.3, 0.4) is 0 Å². The molecule has 0 aromatic rings. The van der Waals surface area contributed by atoms with Crippen LogP contribution in [0.25, 0.3) is 0 Å². The van der Waals surface area contributed by atoms with Crippen molar-refractivity contribution in [3.8, 4) is 0 Å². The molecule has 0 atom stereocenters. The van der Waals surface area contributed by atoms with Gasteiger partial charge in [0, 0.05) is 63.2 Å². The summed E-state index contributed by atoms with van der Waals surface area (Å²) in [4.78, 5) is 4.44. The fourth-order valence-electron chi connectivity index (χ4n) is 0.122. The summed E-state index contributed by atoms with van der Waals surface area (Å²) in [6.07, 6.45) is 0.106. The van der Waals surface area contributed by atoms with Gasteiger partial charge in [0.05, 0.1) is 0 Å². The molecule has 5 heteroatoms. The molecule has 9 heavy (non-hydrogen) atoms. The van der Waals surface area contributed by atoms with Crippen molar-refractivity contribution >= 4 is 6.72 Å². The minimum atomic E-state index is 0. The molecule has 0 unspecified atom stereocenters. The van der Waals surface area contributed by atoms with Crippen LogP contribution < -0.4 is 0 Å². The van der Waals surface area contributed by atoms with Gasteiger partial charge in [0.1, 0.15) is 6.10 Å². The van der Waals surface area contributed by atoms with Crippen molar-refractivity contribution in [2.75, 3.05) is 0 Å². The molecule has 0 aliphatic heterocycles. The summed E-state index contributed by atoms with van der Waals surface area (Å²) >= 11 is 0. The Morgan fingerprint density at radius 2 is 1.56 bits per heavy atom. The Kier molecular flexibility index (Phi) is 40.5. The Bertz CT molecular complexity index is 51.1. The van der Waals surface area contributed by atoms with Crippen LogP contribution >= 0.6 is 0 Å². The van der Waals surface area contributed by atoms with Gasteiger partial charge in [-0.2, -0.15) is 0 Å². The topological polar surface area (TPSA) is 21.6 Å². The molecule has 0 rings (SSSR count). The smallest absolute Gasteiger partial charge is 0.117 e. The molecular formula is C4H8NOW3-. The van der Waals surface area contributed by atoms with Gasteiger partial charge in [-0.25, -0.2) is 0 Å². The summed E-state index contributed by atoms with van der Waals surface area (Å²) in [5, 5.41) is 2.94. The zero-order valence-corrected chi connectivity index (χ0v) is 14.0. The standard InChI is InChI=1S/C4H8NO.3W/c1-4(2)6-5-3;;;/h3-4H,1-2H3;;;/q-1;;;. The van der Waals surface area contributed by atoms with Crippen LogP contribution in [-0.2, 0) is 68.0 Å². The SMILES string of the molecule is [CH-]=NOC(C)C.[W].[W].[W]. The van der Waals surface area contributed by atoms with Gasteiger partial charge >= 0.3 is 0 Å². The molecule has 0 saturated heterocycles. The van der Waals surface area contributed by atoms with Gasteiger partial charge in [-0.1, -0.05) is 0 Å².